The van der Waals surface area contributed by atoms with Crippen molar-refractivity contribution < 1.29 is 33.4 Å². The monoisotopic (exact) mass is 505 g/mol. The number of nitrogens with one attached hydrogen (secondary N) is 1. The molecule has 1 N–H and O–H groups in total. The predicted molar refractivity (Wildman–Crippen MR) is 132 cm³/mol. The van der Waals surface area contributed by atoms with E-state index in [-0.39, 0.29) is 11.3 Å². The molecule has 0 radical (unpaired) electrons. The summed E-state index contributed by atoms with van der Waals surface area (Å²) < 4.78 is 16.2. The summed E-state index contributed by atoms with van der Waals surface area (Å²) >= 11 is 0. The summed E-state index contributed by atoms with van der Waals surface area (Å²) in [6.45, 7) is 6.94. The van der Waals surface area contributed by atoms with Crippen molar-refractivity contribution >= 4 is 34.7 Å². The number of ketones is 2. The van der Waals surface area contributed by atoms with Gasteiger partial charge in [0.1, 0.15) is 17.6 Å². The number of benzene rings is 1. The van der Waals surface area contributed by atoms with Gasteiger partial charge in [0.05, 0.1) is 22.8 Å². The molecule has 1 aliphatic carbocycles. The Morgan fingerprint density at radius 2 is 1.84 bits per heavy atom. The SMILES string of the molecule is CC(C)(C)OC(=O)NCCCC1=CC2=CC(=O)C(C)(OC(=O)c3cnc4ccccc4n3)C(=O)C2=CO1. The number of esters is 1. The Hall–Kier alpha value is -4.34. The van der Waals surface area contributed by atoms with Crippen molar-refractivity contribution in [2.24, 2.45) is 0 Å². The minimum atomic E-state index is -2.06. The first-order valence-corrected chi connectivity index (χ1v) is 11.8. The second kappa shape index (κ2) is 9.96. The van der Waals surface area contributed by atoms with Crippen LogP contribution in [0.3, 0.4) is 0 Å². The van der Waals surface area contributed by atoms with Gasteiger partial charge in [-0.1, -0.05) is 12.1 Å². The third-order valence-electron chi connectivity index (χ3n) is 5.61. The van der Waals surface area contributed by atoms with Crippen LogP contribution in [0, 0.1) is 0 Å². The minimum Gasteiger partial charge on any atom is -0.469 e. The fraction of sp³-hybridized carbons (Fsp3) is 0.333. The van der Waals surface area contributed by atoms with Crippen molar-refractivity contribution in [2.45, 2.75) is 51.7 Å². The van der Waals surface area contributed by atoms with Gasteiger partial charge >= 0.3 is 12.1 Å². The average molecular weight is 506 g/mol. The summed E-state index contributed by atoms with van der Waals surface area (Å²) in [6, 6.07) is 6.98. The fourth-order valence-electron chi connectivity index (χ4n) is 3.73. The molecule has 0 bridgehead atoms. The number of rotatable bonds is 6. The number of allylic oxidation sites excluding steroid dienone is 3. The maximum absolute atomic E-state index is 13.2. The standard InChI is InChI=1S/C27H27N3O7/c1-26(2,3)37-25(34)28-11-7-8-17-12-16-13-22(31)27(4,23(32)18(16)15-35-17)36-24(33)21-14-29-19-9-5-6-10-20(19)30-21/h5-6,9-10,12-15H,7-8,11H2,1-4H3,(H,28,34). The van der Waals surface area contributed by atoms with Crippen molar-refractivity contribution in [1.82, 2.24) is 15.3 Å². The van der Waals surface area contributed by atoms with Gasteiger partial charge in [-0.3, -0.25) is 14.6 Å². The summed E-state index contributed by atoms with van der Waals surface area (Å²) in [5.74, 6) is -1.78. The van der Waals surface area contributed by atoms with E-state index in [0.717, 1.165) is 0 Å². The number of hydrogen-bond donors (Lipinski definition) is 1. The van der Waals surface area contributed by atoms with E-state index in [1.807, 2.05) is 0 Å². The highest BCUT2D eigenvalue weighted by Crippen LogP contribution is 2.34. The molecule has 2 heterocycles. The van der Waals surface area contributed by atoms with Gasteiger partial charge in [-0.25, -0.2) is 14.6 Å². The Labute approximate surface area is 213 Å². The van der Waals surface area contributed by atoms with Gasteiger partial charge in [-0.05, 0) is 64.0 Å². The summed E-state index contributed by atoms with van der Waals surface area (Å²) in [4.78, 5) is 59.1. The maximum atomic E-state index is 13.2. The second-order valence-electron chi connectivity index (χ2n) is 9.75. The number of Topliss-reactive ketones (excluding diaryl/α,β-unsaturated/α-hetero) is 1. The predicted octanol–water partition coefficient (Wildman–Crippen LogP) is 3.73. The second-order valence-corrected chi connectivity index (χ2v) is 9.75. The molecular weight excluding hydrogens is 478 g/mol. The van der Waals surface area contributed by atoms with Crippen LogP contribution >= 0.6 is 0 Å². The number of fused-ring (bicyclic) bond motifs is 2. The van der Waals surface area contributed by atoms with Crippen LogP contribution < -0.4 is 5.32 Å². The third kappa shape index (κ3) is 5.74. The number of hydrogen-bond acceptors (Lipinski definition) is 9. The van der Waals surface area contributed by atoms with E-state index in [2.05, 4.69) is 15.3 Å². The van der Waals surface area contributed by atoms with Crippen molar-refractivity contribution in [1.29, 1.82) is 0 Å². The van der Waals surface area contributed by atoms with Gasteiger partial charge in [0.25, 0.3) is 0 Å². The third-order valence-corrected chi connectivity index (χ3v) is 5.61. The highest BCUT2D eigenvalue weighted by molar-refractivity contribution is 6.26. The molecule has 1 aromatic carbocycles. The van der Waals surface area contributed by atoms with Gasteiger partial charge in [0.2, 0.25) is 17.2 Å². The molecule has 1 amide bonds. The molecule has 0 fully saturated rings. The van der Waals surface area contributed by atoms with Crippen LogP contribution in [0.4, 0.5) is 4.79 Å². The van der Waals surface area contributed by atoms with E-state index in [1.165, 1.54) is 25.5 Å². The Morgan fingerprint density at radius 3 is 2.57 bits per heavy atom. The molecule has 0 spiro atoms. The maximum Gasteiger partial charge on any atom is 0.407 e. The lowest BCUT2D eigenvalue weighted by Gasteiger charge is -2.31. The summed E-state index contributed by atoms with van der Waals surface area (Å²) in [7, 11) is 0. The van der Waals surface area contributed by atoms with Gasteiger partial charge in [0.15, 0.2) is 5.69 Å². The Kier molecular flexibility index (Phi) is 6.93. The molecule has 2 aliphatic rings. The minimum absolute atomic E-state index is 0.119. The van der Waals surface area contributed by atoms with Crippen LogP contribution in [0.15, 0.2) is 65.8 Å². The molecule has 1 atom stereocenters. The van der Waals surface area contributed by atoms with Crippen molar-refractivity contribution in [3.63, 3.8) is 0 Å². The van der Waals surface area contributed by atoms with Crippen LogP contribution in [0.1, 0.15) is 51.0 Å². The number of amides is 1. The highest BCUT2D eigenvalue weighted by atomic mass is 16.6. The average Bonchev–Trinajstić information content (AvgIpc) is 2.84. The molecule has 10 heteroatoms. The first-order valence-electron chi connectivity index (χ1n) is 11.8. The first kappa shape index (κ1) is 25.7. The lowest BCUT2D eigenvalue weighted by atomic mass is 9.80. The Balaban J connectivity index is 1.41. The smallest absolute Gasteiger partial charge is 0.407 e. The molecule has 192 valence electrons. The summed E-state index contributed by atoms with van der Waals surface area (Å²) in [6.07, 6.45) is 5.82. The first-order chi connectivity index (χ1) is 17.5. The van der Waals surface area contributed by atoms with Gasteiger partial charge in [-0.2, -0.15) is 0 Å². The van der Waals surface area contributed by atoms with E-state index in [4.69, 9.17) is 14.2 Å². The van der Waals surface area contributed by atoms with Gasteiger partial charge in [0, 0.05) is 13.0 Å². The molecule has 1 aromatic heterocycles. The molecular formula is C27H27N3O7. The Morgan fingerprint density at radius 1 is 1.11 bits per heavy atom. The quantitative estimate of drug-likeness (QED) is 0.354. The number of carbonyl (C=O) groups excluding carboxylic acids is 4. The zero-order valence-corrected chi connectivity index (χ0v) is 21.0. The molecule has 37 heavy (non-hydrogen) atoms. The topological polar surface area (TPSA) is 134 Å². The normalized spacial score (nSPS) is 19.2. The number of carbonyl (C=O) groups is 4. The number of ether oxygens (including phenoxy) is 3. The van der Waals surface area contributed by atoms with Crippen molar-refractivity contribution in [3.8, 4) is 0 Å². The summed E-state index contributed by atoms with van der Waals surface area (Å²) in [5, 5.41) is 2.66. The van der Waals surface area contributed by atoms with E-state index in [9.17, 15) is 19.2 Å². The van der Waals surface area contributed by atoms with Gasteiger partial charge < -0.3 is 19.5 Å². The lowest BCUT2D eigenvalue weighted by Crippen LogP contribution is -2.50. The zero-order valence-electron chi connectivity index (χ0n) is 21.0. The van der Waals surface area contributed by atoms with Crippen LogP contribution in [-0.4, -0.2) is 51.3 Å². The molecule has 4 rings (SSSR count). The lowest BCUT2D eigenvalue weighted by molar-refractivity contribution is -0.145. The molecule has 0 saturated carbocycles. The largest absolute Gasteiger partial charge is 0.469 e. The molecule has 2 aromatic rings. The zero-order chi connectivity index (χ0) is 26.8. The fourth-order valence-corrected chi connectivity index (χ4v) is 3.73. The number of alkyl carbamates (subject to hydrolysis) is 1. The van der Waals surface area contributed by atoms with Crippen LogP contribution in [0.5, 0.6) is 0 Å². The highest BCUT2D eigenvalue weighted by Gasteiger charge is 2.49. The Bertz CT molecular complexity index is 1380. The van der Waals surface area contributed by atoms with Crippen LogP contribution in [-0.2, 0) is 23.8 Å². The summed E-state index contributed by atoms with van der Waals surface area (Å²) in [5.41, 5.74) is -1.20. The molecule has 10 nitrogen and oxygen atoms in total. The number of para-hydroxylation sites is 2. The van der Waals surface area contributed by atoms with E-state index in [1.54, 1.807) is 51.1 Å². The van der Waals surface area contributed by atoms with Crippen LogP contribution in [0.2, 0.25) is 0 Å². The van der Waals surface area contributed by atoms with E-state index >= 15 is 0 Å². The molecule has 1 aliphatic heterocycles. The molecule has 0 saturated heterocycles. The van der Waals surface area contributed by atoms with E-state index < -0.39 is 34.8 Å². The van der Waals surface area contributed by atoms with Gasteiger partial charge in [-0.15, -0.1) is 0 Å². The number of aromatic nitrogens is 2. The molecule has 1 unspecified atom stereocenters. The van der Waals surface area contributed by atoms with Crippen LogP contribution in [0.25, 0.3) is 11.0 Å². The number of nitrogens with zero attached hydrogens (tertiary/aromatic N) is 2. The van der Waals surface area contributed by atoms with Crippen molar-refractivity contribution in [3.05, 3.63) is 71.5 Å². The van der Waals surface area contributed by atoms with E-state index in [0.29, 0.717) is 41.8 Å². The van der Waals surface area contributed by atoms with Crippen molar-refractivity contribution in [2.75, 3.05) is 6.54 Å².